The lowest BCUT2D eigenvalue weighted by Gasteiger charge is -2.24. The maximum atomic E-state index is 9.26. The summed E-state index contributed by atoms with van der Waals surface area (Å²) >= 11 is 0. The molecule has 1 aromatic carbocycles. The molecule has 4 atom stereocenters. The largest absolute Gasteiger partial charge is 0.396 e. The molecule has 0 heterocycles. The Hall–Kier alpha value is -1.12. The third-order valence-corrected chi connectivity index (χ3v) is 4.65. The number of nitrogens with one attached hydrogen (secondary N) is 1. The third kappa shape index (κ3) is 2.90. The Morgan fingerprint density at radius 3 is 2.63 bits per heavy atom. The second-order valence-corrected chi connectivity index (χ2v) is 5.91. The lowest BCUT2D eigenvalue weighted by Crippen LogP contribution is -2.35. The van der Waals surface area contributed by atoms with Crippen molar-refractivity contribution in [2.75, 3.05) is 13.2 Å². The van der Waals surface area contributed by atoms with Crippen molar-refractivity contribution in [3.05, 3.63) is 48.0 Å². The van der Waals surface area contributed by atoms with Gasteiger partial charge >= 0.3 is 0 Å². The molecule has 0 saturated heterocycles. The summed E-state index contributed by atoms with van der Waals surface area (Å²) in [5, 5.41) is 13.0. The van der Waals surface area contributed by atoms with Crippen LogP contribution in [-0.2, 0) is 0 Å². The van der Waals surface area contributed by atoms with E-state index in [-0.39, 0.29) is 6.61 Å². The first-order valence-corrected chi connectivity index (χ1v) is 7.44. The van der Waals surface area contributed by atoms with Crippen molar-refractivity contribution >= 4 is 0 Å². The fraction of sp³-hybridized carbons (Fsp3) is 0.529. The zero-order valence-electron chi connectivity index (χ0n) is 11.3. The summed E-state index contributed by atoms with van der Waals surface area (Å²) in [5.41, 5.74) is 1.34. The summed E-state index contributed by atoms with van der Waals surface area (Å²) in [7, 11) is 0. The number of rotatable bonds is 6. The molecule has 0 amide bonds. The van der Waals surface area contributed by atoms with Gasteiger partial charge in [0.2, 0.25) is 0 Å². The first-order chi connectivity index (χ1) is 9.36. The van der Waals surface area contributed by atoms with Gasteiger partial charge in [-0.1, -0.05) is 42.5 Å². The summed E-state index contributed by atoms with van der Waals surface area (Å²) in [6.07, 6.45) is 8.24. The second kappa shape index (κ2) is 5.89. The Labute approximate surface area is 115 Å². The molecule has 19 heavy (non-hydrogen) atoms. The molecular weight excluding hydrogens is 234 g/mol. The Morgan fingerprint density at radius 1 is 1.16 bits per heavy atom. The lowest BCUT2D eigenvalue weighted by molar-refractivity contribution is 0.270. The minimum absolute atomic E-state index is 0.262. The van der Waals surface area contributed by atoms with E-state index in [4.69, 9.17) is 0 Å². The number of aliphatic hydroxyl groups is 1. The first kappa shape index (κ1) is 12.9. The molecule has 102 valence electrons. The predicted molar refractivity (Wildman–Crippen MR) is 78.0 cm³/mol. The molecule has 1 aromatic rings. The normalized spacial score (nSPS) is 29.8. The van der Waals surface area contributed by atoms with Crippen LogP contribution in [0.1, 0.15) is 30.7 Å². The minimum atomic E-state index is 0.262. The molecule has 2 aliphatic rings. The molecule has 2 bridgehead atoms. The van der Waals surface area contributed by atoms with Crippen LogP contribution in [0.2, 0.25) is 0 Å². The van der Waals surface area contributed by atoms with Crippen LogP contribution in [0.4, 0.5) is 0 Å². The van der Waals surface area contributed by atoms with E-state index in [0.717, 1.165) is 24.8 Å². The molecule has 1 saturated carbocycles. The Bertz CT molecular complexity index is 428. The Morgan fingerprint density at radius 2 is 2.00 bits per heavy atom. The van der Waals surface area contributed by atoms with Gasteiger partial charge in [-0.05, 0) is 42.6 Å². The summed E-state index contributed by atoms with van der Waals surface area (Å²) in [5.74, 6) is 1.99. The van der Waals surface area contributed by atoms with Gasteiger partial charge in [-0.15, -0.1) is 0 Å². The van der Waals surface area contributed by atoms with Gasteiger partial charge in [-0.25, -0.2) is 0 Å². The van der Waals surface area contributed by atoms with Crippen molar-refractivity contribution < 1.29 is 5.11 Å². The summed E-state index contributed by atoms with van der Waals surface area (Å²) in [6, 6.07) is 11.2. The smallest absolute Gasteiger partial charge is 0.0437 e. The number of aliphatic hydroxyl groups excluding tert-OH is 1. The summed E-state index contributed by atoms with van der Waals surface area (Å²) < 4.78 is 0. The van der Waals surface area contributed by atoms with Crippen LogP contribution >= 0.6 is 0 Å². The quantitative estimate of drug-likeness (QED) is 0.768. The molecule has 2 aliphatic carbocycles. The van der Waals surface area contributed by atoms with Crippen LogP contribution in [0.5, 0.6) is 0 Å². The second-order valence-electron chi connectivity index (χ2n) is 5.91. The maximum absolute atomic E-state index is 9.26. The van der Waals surface area contributed by atoms with Gasteiger partial charge in [0.15, 0.2) is 0 Å². The highest BCUT2D eigenvalue weighted by molar-refractivity contribution is 5.20. The first-order valence-electron chi connectivity index (χ1n) is 7.44. The Kier molecular flexibility index (Phi) is 4.00. The zero-order chi connectivity index (χ0) is 13.1. The van der Waals surface area contributed by atoms with Gasteiger partial charge in [0.1, 0.15) is 0 Å². The van der Waals surface area contributed by atoms with Crippen LogP contribution in [0, 0.1) is 11.8 Å². The molecular formula is C17H23NO. The molecule has 1 fully saturated rings. The van der Waals surface area contributed by atoms with Gasteiger partial charge in [0.25, 0.3) is 0 Å². The summed E-state index contributed by atoms with van der Waals surface area (Å²) in [4.78, 5) is 0. The number of hydrogen-bond donors (Lipinski definition) is 2. The fourth-order valence-electron chi connectivity index (χ4n) is 3.58. The van der Waals surface area contributed by atoms with E-state index in [1.54, 1.807) is 0 Å². The molecule has 2 N–H and O–H groups in total. The van der Waals surface area contributed by atoms with Crippen molar-refractivity contribution in [3.8, 4) is 0 Å². The van der Waals surface area contributed by atoms with Crippen LogP contribution < -0.4 is 5.32 Å². The fourth-order valence-corrected chi connectivity index (χ4v) is 3.58. The maximum Gasteiger partial charge on any atom is 0.0437 e. The molecule has 2 unspecified atom stereocenters. The van der Waals surface area contributed by atoms with Crippen molar-refractivity contribution in [1.29, 1.82) is 0 Å². The van der Waals surface area contributed by atoms with Crippen LogP contribution in [0.25, 0.3) is 0 Å². The van der Waals surface area contributed by atoms with Gasteiger partial charge in [-0.2, -0.15) is 0 Å². The SMILES string of the molecule is OCCC(CNC1C[C@H]2C=C[C@@H]1C2)c1ccccc1. The predicted octanol–water partition coefficient (Wildman–Crippen LogP) is 2.71. The van der Waals surface area contributed by atoms with Crippen LogP contribution in [0.3, 0.4) is 0 Å². The van der Waals surface area contributed by atoms with E-state index in [1.165, 1.54) is 18.4 Å². The highest BCUT2D eigenvalue weighted by Gasteiger charge is 2.35. The average Bonchev–Trinajstić information content (AvgIpc) is 3.07. The van der Waals surface area contributed by atoms with E-state index < -0.39 is 0 Å². The number of allylic oxidation sites excluding steroid dienone is 1. The van der Waals surface area contributed by atoms with Crippen molar-refractivity contribution in [3.63, 3.8) is 0 Å². The highest BCUT2D eigenvalue weighted by Crippen LogP contribution is 2.39. The van der Waals surface area contributed by atoms with E-state index in [1.807, 2.05) is 6.07 Å². The van der Waals surface area contributed by atoms with E-state index in [0.29, 0.717) is 12.0 Å². The standard InChI is InChI=1S/C17H23NO/c19-9-8-16(14-4-2-1-3-5-14)12-18-17-11-13-6-7-15(17)10-13/h1-7,13,15-19H,8-12H2/t13-,15+,16?,17?/m0/s1. The van der Waals surface area contributed by atoms with Gasteiger partial charge in [0, 0.05) is 19.2 Å². The van der Waals surface area contributed by atoms with Gasteiger partial charge in [-0.3, -0.25) is 0 Å². The molecule has 0 spiro atoms. The lowest BCUT2D eigenvalue weighted by atomic mass is 9.94. The van der Waals surface area contributed by atoms with E-state index in [9.17, 15) is 5.11 Å². The molecule has 2 nitrogen and oxygen atoms in total. The van der Waals surface area contributed by atoms with Crippen LogP contribution in [0.15, 0.2) is 42.5 Å². The monoisotopic (exact) mass is 257 g/mol. The molecule has 0 aliphatic heterocycles. The zero-order valence-corrected chi connectivity index (χ0v) is 11.3. The topological polar surface area (TPSA) is 32.3 Å². The van der Waals surface area contributed by atoms with Crippen molar-refractivity contribution in [2.24, 2.45) is 11.8 Å². The molecule has 3 rings (SSSR count). The number of hydrogen-bond acceptors (Lipinski definition) is 2. The molecule has 0 aromatic heterocycles. The molecule has 2 heteroatoms. The van der Waals surface area contributed by atoms with Gasteiger partial charge < -0.3 is 10.4 Å². The number of fused-ring (bicyclic) bond motifs is 2. The van der Waals surface area contributed by atoms with Crippen molar-refractivity contribution in [1.82, 2.24) is 5.32 Å². The van der Waals surface area contributed by atoms with E-state index in [2.05, 4.69) is 41.7 Å². The van der Waals surface area contributed by atoms with Gasteiger partial charge in [0.05, 0.1) is 0 Å². The average molecular weight is 257 g/mol. The highest BCUT2D eigenvalue weighted by atomic mass is 16.3. The number of benzene rings is 1. The van der Waals surface area contributed by atoms with E-state index >= 15 is 0 Å². The Balaban J connectivity index is 1.58. The van der Waals surface area contributed by atoms with Crippen LogP contribution in [-0.4, -0.2) is 24.3 Å². The summed E-state index contributed by atoms with van der Waals surface area (Å²) in [6.45, 7) is 1.24. The minimum Gasteiger partial charge on any atom is -0.396 e. The third-order valence-electron chi connectivity index (χ3n) is 4.65. The van der Waals surface area contributed by atoms with Crippen molar-refractivity contribution in [2.45, 2.75) is 31.2 Å². The molecule has 0 radical (unpaired) electrons.